The molecule has 1 amide bonds. The molecule has 144 valence electrons. The lowest BCUT2D eigenvalue weighted by atomic mass is 10.1. The number of benzene rings is 1. The second-order valence-electron chi connectivity index (χ2n) is 7.37. The molecule has 2 rings (SSSR count). The fourth-order valence-corrected chi connectivity index (χ4v) is 4.53. The number of nitrogens with zero attached hydrogens (tertiary/aromatic N) is 1. The third-order valence-corrected chi connectivity index (χ3v) is 5.48. The molecule has 1 saturated heterocycles. The Morgan fingerprint density at radius 1 is 1.19 bits per heavy atom. The molecule has 0 spiro atoms. The van der Waals surface area contributed by atoms with Crippen molar-refractivity contribution < 1.29 is 19.1 Å². The summed E-state index contributed by atoms with van der Waals surface area (Å²) in [5, 5.41) is -0.0380. The summed E-state index contributed by atoms with van der Waals surface area (Å²) in [4.78, 5) is 27.6. The van der Waals surface area contributed by atoms with Gasteiger partial charge in [-0.1, -0.05) is 39.8 Å². The minimum absolute atomic E-state index is 0.0380. The third kappa shape index (κ3) is 4.93. The molecule has 0 aliphatic carbocycles. The first-order chi connectivity index (χ1) is 12.3. The first-order valence-corrected chi connectivity index (χ1v) is 10.1. The number of esters is 1. The Hall–Kier alpha value is -1.69. The molecule has 0 aromatic heterocycles. The summed E-state index contributed by atoms with van der Waals surface area (Å²) in [6.45, 7) is 8.60. The molecule has 26 heavy (non-hydrogen) atoms. The van der Waals surface area contributed by atoms with Gasteiger partial charge < -0.3 is 14.4 Å². The minimum Gasteiger partial charge on any atom is -0.496 e. The topological polar surface area (TPSA) is 55.8 Å². The van der Waals surface area contributed by atoms with Crippen molar-refractivity contribution in [2.75, 3.05) is 19.5 Å². The van der Waals surface area contributed by atoms with Crippen LogP contribution in [0, 0.1) is 11.8 Å². The van der Waals surface area contributed by atoms with Crippen molar-refractivity contribution in [3.05, 3.63) is 29.8 Å². The summed E-state index contributed by atoms with van der Waals surface area (Å²) in [7, 11) is 1.55. The highest BCUT2D eigenvalue weighted by Crippen LogP contribution is 2.36. The Morgan fingerprint density at radius 3 is 2.50 bits per heavy atom. The molecule has 1 aromatic carbocycles. The maximum Gasteiger partial charge on any atom is 0.329 e. The lowest BCUT2D eigenvalue weighted by Gasteiger charge is -2.30. The predicted molar refractivity (Wildman–Crippen MR) is 104 cm³/mol. The number of thioether (sulfide) groups is 1. The maximum absolute atomic E-state index is 13.3. The number of amides is 1. The zero-order valence-corrected chi connectivity index (χ0v) is 17.0. The third-order valence-electron chi connectivity index (χ3n) is 4.17. The van der Waals surface area contributed by atoms with Gasteiger partial charge in [0.15, 0.2) is 0 Å². The Labute approximate surface area is 160 Å². The van der Waals surface area contributed by atoms with Crippen LogP contribution in [0.25, 0.3) is 0 Å². The average Bonchev–Trinajstić information content (AvgIpc) is 3.01. The average molecular weight is 380 g/mol. The monoisotopic (exact) mass is 379 g/mol. The second kappa shape index (κ2) is 9.31. The smallest absolute Gasteiger partial charge is 0.329 e. The fraction of sp³-hybridized carbons (Fsp3) is 0.600. The van der Waals surface area contributed by atoms with Crippen LogP contribution in [0.15, 0.2) is 24.3 Å². The number of para-hydroxylation sites is 1. The Balaban J connectivity index is 2.29. The quantitative estimate of drug-likeness (QED) is 0.674. The van der Waals surface area contributed by atoms with Crippen molar-refractivity contribution in [3.8, 4) is 5.75 Å². The lowest BCUT2D eigenvalue weighted by Crippen LogP contribution is -2.47. The Morgan fingerprint density at radius 2 is 1.88 bits per heavy atom. The van der Waals surface area contributed by atoms with Crippen molar-refractivity contribution >= 4 is 23.6 Å². The Kier molecular flexibility index (Phi) is 7.38. The molecule has 1 heterocycles. The predicted octanol–water partition coefficient (Wildman–Crippen LogP) is 3.82. The van der Waals surface area contributed by atoms with Crippen LogP contribution < -0.4 is 4.74 Å². The van der Waals surface area contributed by atoms with E-state index in [0.717, 1.165) is 6.42 Å². The highest BCUT2D eigenvalue weighted by molar-refractivity contribution is 8.00. The van der Waals surface area contributed by atoms with Gasteiger partial charge in [-0.3, -0.25) is 4.79 Å². The normalized spacial score (nSPS) is 19.9. The van der Waals surface area contributed by atoms with Gasteiger partial charge in [0.2, 0.25) is 0 Å². The van der Waals surface area contributed by atoms with E-state index in [1.807, 2.05) is 26.0 Å². The zero-order valence-electron chi connectivity index (χ0n) is 16.2. The molecule has 0 saturated carbocycles. The standard InChI is InChI=1S/C20H29NO4S/c1-13(2)10-18-21(16(12-26-18)20(23)25-11-14(3)4)19(22)15-8-6-7-9-17(15)24-5/h6-9,13-14,16,18H,10-12H2,1-5H3/t16-,18-/m1/s1. The summed E-state index contributed by atoms with van der Waals surface area (Å²) in [6, 6.07) is 6.59. The SMILES string of the molecule is COc1ccccc1C(=O)N1[C@@H](C(=O)OCC(C)C)CS[C@@H]1CC(C)C. The van der Waals surface area contributed by atoms with Gasteiger partial charge >= 0.3 is 5.97 Å². The fourth-order valence-electron chi connectivity index (χ4n) is 2.91. The molecule has 0 unspecified atom stereocenters. The largest absolute Gasteiger partial charge is 0.496 e. The molecule has 6 heteroatoms. The number of methoxy groups -OCH3 is 1. The number of hydrogen-bond donors (Lipinski definition) is 0. The first kappa shape index (κ1) is 20.6. The Bertz CT molecular complexity index is 632. The molecule has 1 fully saturated rings. The van der Waals surface area contributed by atoms with Crippen molar-refractivity contribution in [2.24, 2.45) is 11.8 Å². The number of hydrogen-bond acceptors (Lipinski definition) is 5. The molecule has 2 atom stereocenters. The summed E-state index contributed by atoms with van der Waals surface area (Å²) in [5.74, 6) is 1.27. The summed E-state index contributed by atoms with van der Waals surface area (Å²) in [5.41, 5.74) is 0.480. The number of rotatable bonds is 7. The van der Waals surface area contributed by atoms with Crippen molar-refractivity contribution in [2.45, 2.75) is 45.5 Å². The van der Waals surface area contributed by atoms with Gasteiger partial charge in [0, 0.05) is 5.75 Å². The molecule has 0 radical (unpaired) electrons. The van der Waals surface area contributed by atoms with E-state index >= 15 is 0 Å². The number of carbonyl (C=O) groups is 2. The molecule has 1 aliphatic rings. The van der Waals surface area contributed by atoms with E-state index in [1.54, 1.807) is 35.9 Å². The molecule has 1 aliphatic heterocycles. The number of ether oxygens (including phenoxy) is 2. The lowest BCUT2D eigenvalue weighted by molar-refractivity contribution is -0.149. The van der Waals surface area contributed by atoms with Crippen molar-refractivity contribution in [1.82, 2.24) is 4.90 Å². The maximum atomic E-state index is 13.3. The van der Waals surface area contributed by atoms with E-state index in [4.69, 9.17) is 9.47 Å². The summed E-state index contributed by atoms with van der Waals surface area (Å²) in [6.07, 6.45) is 0.833. The van der Waals surface area contributed by atoms with Gasteiger partial charge in [-0.05, 0) is 30.4 Å². The van der Waals surface area contributed by atoms with Crippen LogP contribution in [-0.4, -0.2) is 47.7 Å². The highest BCUT2D eigenvalue weighted by atomic mass is 32.2. The summed E-state index contributed by atoms with van der Waals surface area (Å²) < 4.78 is 10.8. The number of carbonyl (C=O) groups excluding carboxylic acids is 2. The van der Waals surface area contributed by atoms with E-state index in [-0.39, 0.29) is 23.2 Å². The van der Waals surface area contributed by atoms with Crippen LogP contribution in [-0.2, 0) is 9.53 Å². The van der Waals surface area contributed by atoms with E-state index < -0.39 is 6.04 Å². The van der Waals surface area contributed by atoms with Crippen molar-refractivity contribution in [3.63, 3.8) is 0 Å². The van der Waals surface area contributed by atoms with Crippen LogP contribution in [0.3, 0.4) is 0 Å². The molecule has 5 nitrogen and oxygen atoms in total. The first-order valence-electron chi connectivity index (χ1n) is 9.09. The molecule has 0 N–H and O–H groups in total. The summed E-state index contributed by atoms with van der Waals surface area (Å²) >= 11 is 1.65. The van der Waals surface area contributed by atoms with Gasteiger partial charge in [0.25, 0.3) is 5.91 Å². The van der Waals surface area contributed by atoms with Crippen molar-refractivity contribution in [1.29, 1.82) is 0 Å². The van der Waals surface area contributed by atoms with Gasteiger partial charge in [-0.15, -0.1) is 11.8 Å². The zero-order chi connectivity index (χ0) is 19.3. The van der Waals surface area contributed by atoms with Crippen LogP contribution in [0.5, 0.6) is 5.75 Å². The van der Waals surface area contributed by atoms with Gasteiger partial charge in [0.1, 0.15) is 11.8 Å². The van der Waals surface area contributed by atoms with Gasteiger partial charge in [-0.25, -0.2) is 4.79 Å². The van der Waals surface area contributed by atoms with Crippen LogP contribution in [0.4, 0.5) is 0 Å². The molecule has 1 aromatic rings. The van der Waals surface area contributed by atoms with Crippen LogP contribution in [0.2, 0.25) is 0 Å². The molecule has 0 bridgehead atoms. The van der Waals surface area contributed by atoms with E-state index in [9.17, 15) is 9.59 Å². The van der Waals surface area contributed by atoms with Gasteiger partial charge in [-0.2, -0.15) is 0 Å². The van der Waals surface area contributed by atoms with Crippen LogP contribution in [0.1, 0.15) is 44.5 Å². The highest BCUT2D eigenvalue weighted by Gasteiger charge is 2.43. The second-order valence-corrected chi connectivity index (χ2v) is 8.58. The van der Waals surface area contributed by atoms with Crippen LogP contribution >= 0.6 is 11.8 Å². The van der Waals surface area contributed by atoms with Gasteiger partial charge in [0.05, 0.1) is 24.7 Å². The molecular formula is C20H29NO4S. The van der Waals surface area contributed by atoms with E-state index in [2.05, 4.69) is 13.8 Å². The molecular weight excluding hydrogens is 350 g/mol. The van der Waals surface area contributed by atoms with E-state index in [1.165, 1.54) is 0 Å². The van der Waals surface area contributed by atoms with E-state index in [0.29, 0.717) is 29.6 Å². The minimum atomic E-state index is -0.556.